The lowest BCUT2D eigenvalue weighted by molar-refractivity contribution is 0.0953. The summed E-state index contributed by atoms with van der Waals surface area (Å²) >= 11 is 5.54. The normalized spacial score (nSPS) is 9.73. The van der Waals surface area contributed by atoms with E-state index in [4.69, 9.17) is 0 Å². The highest BCUT2D eigenvalue weighted by molar-refractivity contribution is 14.1. The fraction of sp³-hybridized carbons (Fsp3) is 0.182. The van der Waals surface area contributed by atoms with Gasteiger partial charge in [0.05, 0.1) is 5.56 Å². The van der Waals surface area contributed by atoms with Crippen LogP contribution in [0.2, 0.25) is 0 Å². The summed E-state index contributed by atoms with van der Waals surface area (Å²) in [6.45, 7) is 4.23. The van der Waals surface area contributed by atoms with Crippen molar-refractivity contribution < 1.29 is 4.79 Å². The molecule has 1 N–H and O–H groups in total. The summed E-state index contributed by atoms with van der Waals surface area (Å²) < 4.78 is 1.86. The molecule has 0 saturated carbocycles. The van der Waals surface area contributed by atoms with Crippen molar-refractivity contribution in [3.05, 3.63) is 44.5 Å². The maximum absolute atomic E-state index is 11.7. The van der Waals surface area contributed by atoms with Gasteiger partial charge in [0.2, 0.25) is 0 Å². The Balaban J connectivity index is 2.72. The number of hydrogen-bond donors (Lipinski definition) is 1. The Morgan fingerprint density at radius 1 is 1.60 bits per heavy atom. The van der Waals surface area contributed by atoms with Gasteiger partial charge in [-0.3, -0.25) is 4.79 Å². The summed E-state index contributed by atoms with van der Waals surface area (Å²) in [4.78, 5) is 11.7. The standard InChI is InChI=1S/C11H11BrINO/c1-2-3-6-14-11(15)9-7-8(13)4-5-10(9)12/h2,4-5,7H,1,3,6H2,(H,14,15). The first kappa shape index (κ1) is 12.7. The molecule has 0 spiro atoms. The van der Waals surface area contributed by atoms with E-state index < -0.39 is 0 Å². The number of carbonyl (C=O) groups excluding carboxylic acids is 1. The lowest BCUT2D eigenvalue weighted by atomic mass is 10.2. The van der Waals surface area contributed by atoms with Gasteiger partial charge < -0.3 is 5.32 Å². The quantitative estimate of drug-likeness (QED) is 0.485. The van der Waals surface area contributed by atoms with Gasteiger partial charge in [-0.05, 0) is 63.1 Å². The van der Waals surface area contributed by atoms with Crippen LogP contribution in [0.5, 0.6) is 0 Å². The van der Waals surface area contributed by atoms with Crippen molar-refractivity contribution in [3.63, 3.8) is 0 Å². The molecule has 0 unspecified atom stereocenters. The van der Waals surface area contributed by atoms with Crippen LogP contribution in [0, 0.1) is 3.57 Å². The van der Waals surface area contributed by atoms with Gasteiger partial charge in [-0.15, -0.1) is 6.58 Å². The number of hydrogen-bond acceptors (Lipinski definition) is 1. The molecule has 2 nitrogen and oxygen atoms in total. The first-order chi connectivity index (χ1) is 7.15. The largest absolute Gasteiger partial charge is 0.352 e. The maximum atomic E-state index is 11.7. The minimum absolute atomic E-state index is 0.0535. The molecule has 0 bridgehead atoms. The van der Waals surface area contributed by atoms with E-state index in [0.29, 0.717) is 12.1 Å². The highest BCUT2D eigenvalue weighted by Crippen LogP contribution is 2.19. The van der Waals surface area contributed by atoms with E-state index in [-0.39, 0.29) is 5.91 Å². The molecule has 0 aliphatic carbocycles. The number of benzene rings is 1. The van der Waals surface area contributed by atoms with Crippen LogP contribution in [0.15, 0.2) is 35.3 Å². The van der Waals surface area contributed by atoms with E-state index >= 15 is 0 Å². The predicted molar refractivity (Wildman–Crippen MR) is 74.0 cm³/mol. The molecule has 80 valence electrons. The number of nitrogens with one attached hydrogen (secondary N) is 1. The SMILES string of the molecule is C=CCCNC(=O)c1cc(I)ccc1Br. The van der Waals surface area contributed by atoms with Gasteiger partial charge in [-0.2, -0.15) is 0 Å². The van der Waals surface area contributed by atoms with Crippen LogP contribution in [0.1, 0.15) is 16.8 Å². The second-order valence-corrected chi connectivity index (χ2v) is 5.06. The van der Waals surface area contributed by atoms with Gasteiger partial charge in [-0.25, -0.2) is 0 Å². The first-order valence-electron chi connectivity index (χ1n) is 4.49. The third kappa shape index (κ3) is 3.95. The topological polar surface area (TPSA) is 29.1 Å². The van der Waals surface area contributed by atoms with Gasteiger partial charge in [0, 0.05) is 14.6 Å². The van der Waals surface area contributed by atoms with Crippen LogP contribution in [0.25, 0.3) is 0 Å². The molecule has 15 heavy (non-hydrogen) atoms. The highest BCUT2D eigenvalue weighted by atomic mass is 127. The monoisotopic (exact) mass is 379 g/mol. The molecule has 0 saturated heterocycles. The van der Waals surface area contributed by atoms with Gasteiger partial charge in [0.1, 0.15) is 0 Å². The molecule has 0 fully saturated rings. The Morgan fingerprint density at radius 3 is 3.00 bits per heavy atom. The molecule has 0 aliphatic rings. The minimum Gasteiger partial charge on any atom is -0.352 e. The summed E-state index contributed by atoms with van der Waals surface area (Å²) in [6.07, 6.45) is 2.57. The summed E-state index contributed by atoms with van der Waals surface area (Å²) in [5.41, 5.74) is 0.672. The van der Waals surface area contributed by atoms with Crippen molar-refractivity contribution in [2.45, 2.75) is 6.42 Å². The molecule has 1 aromatic carbocycles. The molecule has 1 rings (SSSR count). The molecular formula is C11H11BrINO. The molecule has 0 atom stereocenters. The van der Waals surface area contributed by atoms with Crippen molar-refractivity contribution in [2.75, 3.05) is 6.54 Å². The Kier molecular flexibility index (Phi) is 5.31. The zero-order valence-corrected chi connectivity index (χ0v) is 11.8. The Morgan fingerprint density at radius 2 is 2.33 bits per heavy atom. The van der Waals surface area contributed by atoms with E-state index in [0.717, 1.165) is 14.5 Å². The zero-order chi connectivity index (χ0) is 11.3. The predicted octanol–water partition coefficient (Wildman–Crippen LogP) is 3.36. The van der Waals surface area contributed by atoms with Crippen molar-refractivity contribution in [3.8, 4) is 0 Å². The lowest BCUT2D eigenvalue weighted by Gasteiger charge is -2.06. The first-order valence-corrected chi connectivity index (χ1v) is 6.36. The van der Waals surface area contributed by atoms with Crippen LogP contribution in [0.3, 0.4) is 0 Å². The van der Waals surface area contributed by atoms with E-state index in [1.54, 1.807) is 6.08 Å². The average molecular weight is 380 g/mol. The number of rotatable bonds is 4. The van der Waals surface area contributed by atoms with Crippen molar-refractivity contribution in [1.29, 1.82) is 0 Å². The molecule has 0 heterocycles. The van der Waals surface area contributed by atoms with Crippen molar-refractivity contribution >= 4 is 44.4 Å². The molecule has 0 aromatic heterocycles. The Labute approximate surface area is 111 Å². The highest BCUT2D eigenvalue weighted by Gasteiger charge is 2.09. The Hall–Kier alpha value is -0.360. The van der Waals surface area contributed by atoms with E-state index in [9.17, 15) is 4.79 Å². The van der Waals surface area contributed by atoms with E-state index in [1.165, 1.54) is 0 Å². The molecule has 0 aliphatic heterocycles. The average Bonchev–Trinajstić information content (AvgIpc) is 2.22. The molecule has 0 radical (unpaired) electrons. The van der Waals surface area contributed by atoms with Crippen LogP contribution in [-0.2, 0) is 0 Å². The summed E-state index contributed by atoms with van der Waals surface area (Å²) in [5.74, 6) is -0.0535. The summed E-state index contributed by atoms with van der Waals surface area (Å²) in [6, 6.07) is 5.68. The van der Waals surface area contributed by atoms with Crippen LogP contribution < -0.4 is 5.32 Å². The fourth-order valence-electron chi connectivity index (χ4n) is 1.05. The smallest absolute Gasteiger partial charge is 0.252 e. The molecular weight excluding hydrogens is 369 g/mol. The van der Waals surface area contributed by atoms with Gasteiger partial charge >= 0.3 is 0 Å². The van der Waals surface area contributed by atoms with Gasteiger partial charge in [0.25, 0.3) is 5.91 Å². The zero-order valence-electron chi connectivity index (χ0n) is 8.09. The third-order valence-corrected chi connectivity index (χ3v) is 3.17. The van der Waals surface area contributed by atoms with E-state index in [1.807, 2.05) is 18.2 Å². The minimum atomic E-state index is -0.0535. The second kappa shape index (κ2) is 6.27. The molecule has 1 amide bonds. The fourth-order valence-corrected chi connectivity index (χ4v) is 1.97. The molecule has 1 aromatic rings. The summed E-state index contributed by atoms with van der Waals surface area (Å²) in [5, 5.41) is 2.82. The number of carbonyl (C=O) groups is 1. The van der Waals surface area contributed by atoms with Crippen LogP contribution >= 0.6 is 38.5 Å². The Bertz CT molecular complexity index is 379. The van der Waals surface area contributed by atoms with Gasteiger partial charge in [-0.1, -0.05) is 6.08 Å². The van der Waals surface area contributed by atoms with Crippen LogP contribution in [-0.4, -0.2) is 12.5 Å². The van der Waals surface area contributed by atoms with Gasteiger partial charge in [0.15, 0.2) is 0 Å². The van der Waals surface area contributed by atoms with E-state index in [2.05, 4.69) is 50.4 Å². The number of halogens is 2. The molecule has 4 heteroatoms. The number of amides is 1. The van der Waals surface area contributed by atoms with Crippen molar-refractivity contribution in [1.82, 2.24) is 5.32 Å². The third-order valence-electron chi connectivity index (χ3n) is 1.81. The second-order valence-electron chi connectivity index (χ2n) is 2.96. The van der Waals surface area contributed by atoms with Crippen LogP contribution in [0.4, 0.5) is 0 Å². The maximum Gasteiger partial charge on any atom is 0.252 e. The summed E-state index contributed by atoms with van der Waals surface area (Å²) in [7, 11) is 0. The lowest BCUT2D eigenvalue weighted by Crippen LogP contribution is -2.24. The van der Waals surface area contributed by atoms with Crippen molar-refractivity contribution in [2.24, 2.45) is 0 Å².